The average Bonchev–Trinajstić information content (AvgIpc) is 3.29. The number of tetrazole rings is 1. The van der Waals surface area contributed by atoms with Crippen molar-refractivity contribution in [3.63, 3.8) is 0 Å². The molecular weight excluding hydrogens is 306 g/mol. The van der Waals surface area contributed by atoms with Crippen molar-refractivity contribution < 1.29 is 14.7 Å². The molecule has 2 aliphatic rings. The fourth-order valence-corrected chi connectivity index (χ4v) is 3.96. The Morgan fingerprint density at radius 1 is 1.12 bits per heavy atom. The maximum absolute atomic E-state index is 9.63. The molecule has 2 fully saturated rings. The second-order valence-electron chi connectivity index (χ2n) is 6.72. The molecule has 1 saturated carbocycles. The van der Waals surface area contributed by atoms with Crippen molar-refractivity contribution >= 4 is 0 Å². The number of aromatic nitrogens is 4. The van der Waals surface area contributed by atoms with E-state index in [-0.39, 0.29) is 11.8 Å². The minimum atomic E-state index is 0.0742. The van der Waals surface area contributed by atoms with Crippen molar-refractivity contribution in [1.29, 1.82) is 0 Å². The van der Waals surface area contributed by atoms with Crippen LogP contribution < -0.4 is 4.90 Å². The van der Waals surface area contributed by atoms with Gasteiger partial charge in [-0.2, -0.15) is 0 Å². The molecule has 24 heavy (non-hydrogen) atoms. The van der Waals surface area contributed by atoms with Crippen LogP contribution in [-0.4, -0.2) is 51.6 Å². The molecule has 1 aromatic heterocycles. The Hall–Kier alpha value is -1.99. The van der Waals surface area contributed by atoms with Crippen molar-refractivity contribution in [3.05, 3.63) is 35.7 Å². The summed E-state index contributed by atoms with van der Waals surface area (Å²) >= 11 is 0. The monoisotopic (exact) mass is 330 g/mol. The number of quaternary nitrogens is 1. The normalized spacial score (nSPS) is 21.2. The Balaban J connectivity index is 1.72. The predicted octanol–water partition coefficient (Wildman–Crippen LogP) is 0.498. The first-order chi connectivity index (χ1) is 11.8. The third-order valence-corrected chi connectivity index (χ3v) is 5.22. The Morgan fingerprint density at radius 3 is 2.54 bits per heavy atom. The molecule has 2 N–H and O–H groups in total. The van der Waals surface area contributed by atoms with Gasteiger partial charge in [-0.05, 0) is 47.5 Å². The third kappa shape index (κ3) is 3.01. The van der Waals surface area contributed by atoms with E-state index in [0.717, 1.165) is 50.5 Å². The largest absolute Gasteiger partial charge is 0.508 e. The lowest BCUT2D eigenvalue weighted by atomic mass is 10.0. The summed E-state index contributed by atoms with van der Waals surface area (Å²) < 4.78 is 7.58. The van der Waals surface area contributed by atoms with Crippen molar-refractivity contribution in [1.82, 2.24) is 20.2 Å². The molecule has 128 valence electrons. The Labute approximate surface area is 141 Å². The van der Waals surface area contributed by atoms with Gasteiger partial charge in [0.2, 0.25) is 5.82 Å². The van der Waals surface area contributed by atoms with Crippen LogP contribution in [0.3, 0.4) is 0 Å². The van der Waals surface area contributed by atoms with Gasteiger partial charge >= 0.3 is 0 Å². The minimum Gasteiger partial charge on any atom is -0.508 e. The van der Waals surface area contributed by atoms with Crippen LogP contribution in [-0.2, 0) is 4.74 Å². The topological polar surface area (TPSA) is 77.5 Å². The molecule has 1 aliphatic heterocycles. The lowest BCUT2D eigenvalue weighted by molar-refractivity contribution is -0.933. The van der Waals surface area contributed by atoms with E-state index < -0.39 is 0 Å². The molecule has 0 spiro atoms. The molecule has 1 atom stereocenters. The van der Waals surface area contributed by atoms with Gasteiger partial charge in [-0.1, -0.05) is 12.8 Å². The number of nitrogens with zero attached hydrogens (tertiary/aromatic N) is 4. The number of phenolic OH excluding ortho intramolecular Hbond substituents is 1. The van der Waals surface area contributed by atoms with Gasteiger partial charge in [0.15, 0.2) is 6.04 Å². The molecule has 2 aromatic rings. The highest BCUT2D eigenvalue weighted by molar-refractivity contribution is 5.29. The number of rotatable bonds is 4. The zero-order valence-electron chi connectivity index (χ0n) is 13.8. The van der Waals surface area contributed by atoms with Crippen LogP contribution in [0.1, 0.15) is 49.2 Å². The van der Waals surface area contributed by atoms with E-state index in [1.54, 1.807) is 12.1 Å². The van der Waals surface area contributed by atoms with Gasteiger partial charge in [0.1, 0.15) is 18.8 Å². The maximum atomic E-state index is 9.63. The van der Waals surface area contributed by atoms with E-state index in [1.165, 1.54) is 17.7 Å². The van der Waals surface area contributed by atoms with Crippen molar-refractivity contribution in [2.45, 2.75) is 37.8 Å². The van der Waals surface area contributed by atoms with E-state index in [9.17, 15) is 5.11 Å². The highest BCUT2D eigenvalue weighted by Gasteiger charge is 2.35. The van der Waals surface area contributed by atoms with Gasteiger partial charge < -0.3 is 14.7 Å². The molecule has 1 aromatic carbocycles. The smallest absolute Gasteiger partial charge is 0.214 e. The first-order valence-electron chi connectivity index (χ1n) is 8.82. The zero-order chi connectivity index (χ0) is 16.4. The van der Waals surface area contributed by atoms with Gasteiger partial charge in [0.05, 0.1) is 19.3 Å². The van der Waals surface area contributed by atoms with Crippen LogP contribution in [0.2, 0.25) is 0 Å². The number of nitrogens with one attached hydrogen (secondary N) is 1. The molecule has 0 bridgehead atoms. The average molecular weight is 330 g/mol. The van der Waals surface area contributed by atoms with Crippen LogP contribution in [0.25, 0.3) is 0 Å². The number of ether oxygens (including phenoxy) is 1. The van der Waals surface area contributed by atoms with Crippen LogP contribution >= 0.6 is 0 Å². The number of hydrogen-bond donors (Lipinski definition) is 2. The number of hydrogen-bond acceptors (Lipinski definition) is 5. The summed E-state index contributed by atoms with van der Waals surface area (Å²) in [5, 5.41) is 22.4. The molecule has 7 heteroatoms. The Bertz CT molecular complexity index is 660. The highest BCUT2D eigenvalue weighted by Crippen LogP contribution is 2.31. The summed E-state index contributed by atoms with van der Waals surface area (Å²) in [5.41, 5.74) is 1.14. The SMILES string of the molecule is Oc1ccc([C@H](c2nnnn2C2CCCC2)[NH+]2CCOCC2)cc1. The van der Waals surface area contributed by atoms with Crippen LogP contribution in [0, 0.1) is 0 Å². The van der Waals surface area contributed by atoms with Crippen molar-refractivity contribution in [3.8, 4) is 5.75 Å². The number of phenols is 1. The first-order valence-corrected chi connectivity index (χ1v) is 8.82. The fraction of sp³-hybridized carbons (Fsp3) is 0.588. The van der Waals surface area contributed by atoms with E-state index in [0.29, 0.717) is 6.04 Å². The van der Waals surface area contributed by atoms with E-state index in [4.69, 9.17) is 4.74 Å². The number of benzene rings is 1. The second-order valence-corrected chi connectivity index (χ2v) is 6.72. The predicted molar refractivity (Wildman–Crippen MR) is 86.8 cm³/mol. The summed E-state index contributed by atoms with van der Waals surface area (Å²) in [6.07, 6.45) is 4.80. The molecule has 0 radical (unpaired) electrons. The van der Waals surface area contributed by atoms with Gasteiger partial charge in [-0.15, -0.1) is 5.10 Å². The van der Waals surface area contributed by atoms with Gasteiger partial charge in [0, 0.05) is 5.56 Å². The summed E-state index contributed by atoms with van der Waals surface area (Å²) in [4.78, 5) is 1.42. The van der Waals surface area contributed by atoms with E-state index in [2.05, 4.69) is 15.5 Å². The number of morpholine rings is 1. The first kappa shape index (κ1) is 15.5. The summed E-state index contributed by atoms with van der Waals surface area (Å²) in [7, 11) is 0. The maximum Gasteiger partial charge on any atom is 0.214 e. The van der Waals surface area contributed by atoms with Gasteiger partial charge in [-0.25, -0.2) is 4.68 Å². The standard InChI is InChI=1S/C17H23N5O2/c23-15-7-5-13(6-8-15)16(21-9-11-24-12-10-21)17-18-19-20-22(17)14-3-1-2-4-14/h5-8,14,16,23H,1-4,9-12H2/p+1/t16-/m1/s1. The van der Waals surface area contributed by atoms with Crippen LogP contribution in [0.15, 0.2) is 24.3 Å². The molecular formula is C17H24N5O2+. The summed E-state index contributed by atoms with van der Waals surface area (Å²) in [5.74, 6) is 1.22. The van der Waals surface area contributed by atoms with Crippen LogP contribution in [0.5, 0.6) is 5.75 Å². The molecule has 4 rings (SSSR count). The molecule has 0 amide bonds. The quantitative estimate of drug-likeness (QED) is 0.854. The molecule has 0 unspecified atom stereocenters. The molecule has 1 aliphatic carbocycles. The Kier molecular flexibility index (Phi) is 4.44. The number of aromatic hydroxyl groups is 1. The zero-order valence-corrected chi connectivity index (χ0v) is 13.8. The van der Waals surface area contributed by atoms with Gasteiger partial charge in [0.25, 0.3) is 0 Å². The second kappa shape index (κ2) is 6.86. The summed E-state index contributed by atoms with van der Waals surface area (Å²) in [6.45, 7) is 3.38. The molecule has 1 saturated heterocycles. The fourth-order valence-electron chi connectivity index (χ4n) is 3.96. The van der Waals surface area contributed by atoms with Crippen molar-refractivity contribution in [2.75, 3.05) is 26.3 Å². The van der Waals surface area contributed by atoms with E-state index in [1.807, 2.05) is 16.8 Å². The lowest BCUT2D eigenvalue weighted by Gasteiger charge is -2.31. The molecule has 7 nitrogen and oxygen atoms in total. The van der Waals surface area contributed by atoms with Crippen LogP contribution in [0.4, 0.5) is 0 Å². The highest BCUT2D eigenvalue weighted by atomic mass is 16.5. The van der Waals surface area contributed by atoms with Gasteiger partial charge in [-0.3, -0.25) is 0 Å². The minimum absolute atomic E-state index is 0.0742. The Morgan fingerprint density at radius 2 is 1.83 bits per heavy atom. The lowest BCUT2D eigenvalue weighted by Crippen LogP contribution is -3.14. The summed E-state index contributed by atoms with van der Waals surface area (Å²) in [6, 6.07) is 7.93. The van der Waals surface area contributed by atoms with Crippen molar-refractivity contribution in [2.24, 2.45) is 0 Å². The third-order valence-electron chi connectivity index (χ3n) is 5.22. The van der Waals surface area contributed by atoms with E-state index >= 15 is 0 Å². The molecule has 2 heterocycles.